The van der Waals surface area contributed by atoms with Crippen LogP contribution in [-0.4, -0.2) is 32.2 Å². The lowest BCUT2D eigenvalue weighted by molar-refractivity contribution is -0.120. The first-order valence-electron chi connectivity index (χ1n) is 6.78. The zero-order valence-corrected chi connectivity index (χ0v) is 11.4. The van der Waals surface area contributed by atoms with E-state index in [2.05, 4.69) is 30.4 Å². The Morgan fingerprint density at radius 1 is 1.37 bits per heavy atom. The van der Waals surface area contributed by atoms with Gasteiger partial charge in [-0.15, -0.1) is 0 Å². The Bertz CT molecular complexity index is 440. The van der Waals surface area contributed by atoms with E-state index in [4.69, 9.17) is 10.5 Å². The summed E-state index contributed by atoms with van der Waals surface area (Å²) in [7, 11) is 0. The molecule has 0 unspecified atom stereocenters. The van der Waals surface area contributed by atoms with Crippen LogP contribution in [0.1, 0.15) is 24.0 Å². The predicted molar refractivity (Wildman–Crippen MR) is 75.0 cm³/mol. The second kappa shape index (κ2) is 6.17. The van der Waals surface area contributed by atoms with Gasteiger partial charge in [-0.05, 0) is 30.9 Å². The lowest BCUT2D eigenvalue weighted by Crippen LogP contribution is -2.46. The van der Waals surface area contributed by atoms with Crippen molar-refractivity contribution >= 4 is 5.91 Å². The maximum atomic E-state index is 11.4. The van der Waals surface area contributed by atoms with Gasteiger partial charge in [-0.25, -0.2) is 0 Å². The quantitative estimate of drug-likeness (QED) is 0.854. The Labute approximate surface area is 114 Å². The summed E-state index contributed by atoms with van der Waals surface area (Å²) < 4.78 is 5.48. The molecule has 1 aliphatic heterocycles. The van der Waals surface area contributed by atoms with Crippen molar-refractivity contribution in [2.75, 3.05) is 26.3 Å². The highest BCUT2D eigenvalue weighted by Gasteiger charge is 2.35. The minimum atomic E-state index is -0.0977. The second-order valence-electron chi connectivity index (χ2n) is 5.19. The van der Waals surface area contributed by atoms with Gasteiger partial charge in [-0.2, -0.15) is 0 Å². The maximum Gasteiger partial charge on any atom is 0.233 e. The van der Waals surface area contributed by atoms with Crippen LogP contribution in [0.2, 0.25) is 0 Å². The number of nitrogens with two attached hydrogens (primary N) is 1. The number of aryl methyl sites for hydroxylation is 1. The molecule has 0 bridgehead atoms. The van der Waals surface area contributed by atoms with E-state index in [1.165, 1.54) is 11.1 Å². The second-order valence-corrected chi connectivity index (χ2v) is 5.19. The monoisotopic (exact) mass is 262 g/mol. The fraction of sp³-hybridized carbons (Fsp3) is 0.533. The van der Waals surface area contributed by atoms with Crippen LogP contribution in [0.4, 0.5) is 0 Å². The lowest BCUT2D eigenvalue weighted by Gasteiger charge is -2.39. The molecule has 0 spiro atoms. The van der Waals surface area contributed by atoms with Crippen LogP contribution >= 0.6 is 0 Å². The van der Waals surface area contributed by atoms with E-state index < -0.39 is 0 Å². The lowest BCUT2D eigenvalue weighted by atomic mass is 9.72. The number of hydrogen-bond donors (Lipinski definition) is 2. The van der Waals surface area contributed by atoms with Crippen molar-refractivity contribution in [2.45, 2.75) is 25.2 Å². The Morgan fingerprint density at radius 2 is 2.05 bits per heavy atom. The number of rotatable bonds is 4. The van der Waals surface area contributed by atoms with Crippen LogP contribution in [0, 0.1) is 6.92 Å². The molecule has 1 aromatic rings. The molecule has 1 heterocycles. The molecular weight excluding hydrogens is 240 g/mol. The number of carbonyl (C=O) groups is 1. The van der Waals surface area contributed by atoms with Crippen LogP contribution in [0.3, 0.4) is 0 Å². The van der Waals surface area contributed by atoms with Gasteiger partial charge in [0.05, 0.1) is 6.54 Å². The van der Waals surface area contributed by atoms with E-state index in [0.717, 1.165) is 26.1 Å². The molecule has 1 fully saturated rings. The predicted octanol–water partition coefficient (Wildman–Crippen LogP) is 1.12. The molecule has 1 aliphatic rings. The fourth-order valence-electron chi connectivity index (χ4n) is 2.81. The van der Waals surface area contributed by atoms with Gasteiger partial charge in [0.15, 0.2) is 0 Å². The molecule has 4 nitrogen and oxygen atoms in total. The largest absolute Gasteiger partial charge is 0.381 e. The summed E-state index contributed by atoms with van der Waals surface area (Å²) in [6.07, 6.45) is 1.87. The molecule has 0 aromatic heterocycles. The average molecular weight is 262 g/mol. The molecule has 2 rings (SSSR count). The summed E-state index contributed by atoms with van der Waals surface area (Å²) in [5, 5.41) is 2.95. The standard InChI is InChI=1S/C15H22N2O2/c1-12-4-2-3-5-13(12)15(6-8-19-9-7-15)11-17-14(18)10-16/h2-5H,6-11,16H2,1H3,(H,17,18). The number of ether oxygens (including phenoxy) is 1. The summed E-state index contributed by atoms with van der Waals surface area (Å²) in [4.78, 5) is 11.4. The number of hydrogen-bond acceptors (Lipinski definition) is 3. The van der Waals surface area contributed by atoms with E-state index in [0.29, 0.717) is 6.54 Å². The Balaban J connectivity index is 2.24. The van der Waals surface area contributed by atoms with E-state index in [1.807, 2.05) is 6.07 Å². The summed E-state index contributed by atoms with van der Waals surface area (Å²) in [5.74, 6) is -0.0977. The molecule has 19 heavy (non-hydrogen) atoms. The van der Waals surface area contributed by atoms with Crippen molar-refractivity contribution in [3.05, 3.63) is 35.4 Å². The summed E-state index contributed by atoms with van der Waals surface area (Å²) in [5.41, 5.74) is 7.93. The van der Waals surface area contributed by atoms with Gasteiger partial charge in [-0.3, -0.25) is 4.79 Å². The van der Waals surface area contributed by atoms with Crippen LogP contribution < -0.4 is 11.1 Å². The molecule has 1 aromatic carbocycles. The highest BCUT2D eigenvalue weighted by molar-refractivity contribution is 5.77. The van der Waals surface area contributed by atoms with Crippen molar-refractivity contribution in [2.24, 2.45) is 5.73 Å². The molecule has 0 saturated carbocycles. The first kappa shape index (κ1) is 14.0. The number of benzene rings is 1. The first-order chi connectivity index (χ1) is 9.18. The van der Waals surface area contributed by atoms with Gasteiger partial charge >= 0.3 is 0 Å². The molecule has 1 amide bonds. The summed E-state index contributed by atoms with van der Waals surface area (Å²) >= 11 is 0. The molecule has 104 valence electrons. The SMILES string of the molecule is Cc1ccccc1C1(CNC(=O)CN)CCOCC1. The molecule has 0 radical (unpaired) electrons. The van der Waals surface area contributed by atoms with Crippen LogP contribution in [0.5, 0.6) is 0 Å². The topological polar surface area (TPSA) is 64.4 Å². The zero-order chi connectivity index (χ0) is 13.7. The van der Waals surface area contributed by atoms with Crippen LogP contribution in [0.25, 0.3) is 0 Å². The van der Waals surface area contributed by atoms with E-state index in [-0.39, 0.29) is 17.9 Å². The van der Waals surface area contributed by atoms with Crippen molar-refractivity contribution < 1.29 is 9.53 Å². The molecule has 3 N–H and O–H groups in total. The summed E-state index contributed by atoms with van der Waals surface area (Å²) in [6.45, 7) is 4.29. The highest BCUT2D eigenvalue weighted by atomic mass is 16.5. The Morgan fingerprint density at radius 3 is 2.68 bits per heavy atom. The van der Waals surface area contributed by atoms with Crippen LogP contribution in [0.15, 0.2) is 24.3 Å². The van der Waals surface area contributed by atoms with Gasteiger partial charge in [-0.1, -0.05) is 24.3 Å². The number of amides is 1. The normalized spacial score (nSPS) is 18.0. The highest BCUT2D eigenvalue weighted by Crippen LogP contribution is 2.36. The van der Waals surface area contributed by atoms with Gasteiger partial charge < -0.3 is 15.8 Å². The minimum absolute atomic E-state index is 0.0194. The third kappa shape index (κ3) is 3.14. The maximum absolute atomic E-state index is 11.4. The fourth-order valence-corrected chi connectivity index (χ4v) is 2.81. The average Bonchev–Trinajstić information content (AvgIpc) is 2.46. The van der Waals surface area contributed by atoms with Crippen molar-refractivity contribution in [1.82, 2.24) is 5.32 Å². The smallest absolute Gasteiger partial charge is 0.233 e. The molecule has 0 aliphatic carbocycles. The van der Waals surface area contributed by atoms with Crippen LogP contribution in [-0.2, 0) is 14.9 Å². The minimum Gasteiger partial charge on any atom is -0.381 e. The molecule has 1 saturated heterocycles. The summed E-state index contributed by atoms with van der Waals surface area (Å²) in [6, 6.07) is 8.39. The van der Waals surface area contributed by atoms with Crippen molar-refractivity contribution in [3.63, 3.8) is 0 Å². The third-order valence-corrected chi connectivity index (χ3v) is 3.98. The van der Waals surface area contributed by atoms with Gasteiger partial charge in [0.1, 0.15) is 0 Å². The Hall–Kier alpha value is -1.39. The Kier molecular flexibility index (Phi) is 4.56. The van der Waals surface area contributed by atoms with Crippen molar-refractivity contribution in [1.29, 1.82) is 0 Å². The first-order valence-corrected chi connectivity index (χ1v) is 6.78. The number of nitrogens with one attached hydrogen (secondary N) is 1. The molecule has 4 heteroatoms. The van der Waals surface area contributed by atoms with Gasteiger partial charge in [0.25, 0.3) is 0 Å². The van der Waals surface area contributed by atoms with Gasteiger partial charge in [0, 0.05) is 25.2 Å². The third-order valence-electron chi connectivity index (χ3n) is 3.98. The van der Waals surface area contributed by atoms with E-state index in [1.54, 1.807) is 0 Å². The molecular formula is C15H22N2O2. The van der Waals surface area contributed by atoms with Gasteiger partial charge in [0.2, 0.25) is 5.91 Å². The van der Waals surface area contributed by atoms with Crippen molar-refractivity contribution in [3.8, 4) is 0 Å². The molecule has 0 atom stereocenters. The zero-order valence-electron chi connectivity index (χ0n) is 11.4. The van der Waals surface area contributed by atoms with E-state index in [9.17, 15) is 4.79 Å². The number of carbonyl (C=O) groups excluding carboxylic acids is 1. The van der Waals surface area contributed by atoms with E-state index >= 15 is 0 Å².